The van der Waals surface area contributed by atoms with E-state index in [1.54, 1.807) is 7.11 Å². The number of ketones is 1. The second-order valence-electron chi connectivity index (χ2n) is 7.50. The van der Waals surface area contributed by atoms with E-state index in [-0.39, 0.29) is 5.78 Å². The summed E-state index contributed by atoms with van der Waals surface area (Å²) >= 11 is 0. The summed E-state index contributed by atoms with van der Waals surface area (Å²) in [5.41, 5.74) is 0.645. The molecule has 1 fully saturated rings. The molecule has 5 nitrogen and oxygen atoms in total. The third-order valence-electron chi connectivity index (χ3n) is 5.22. The summed E-state index contributed by atoms with van der Waals surface area (Å²) in [7, 11) is 1.63. The van der Waals surface area contributed by atoms with E-state index in [1.165, 1.54) is 44.9 Å². The average Bonchev–Trinajstić information content (AvgIpc) is 2.73. The molecule has 28 heavy (non-hydrogen) atoms. The molecule has 5 heteroatoms. The van der Waals surface area contributed by atoms with Crippen molar-refractivity contribution in [1.29, 1.82) is 0 Å². The Morgan fingerprint density at radius 1 is 1.04 bits per heavy atom. The van der Waals surface area contributed by atoms with Crippen molar-refractivity contribution in [2.45, 2.75) is 58.3 Å². The van der Waals surface area contributed by atoms with Gasteiger partial charge in [0.15, 0.2) is 5.78 Å². The Morgan fingerprint density at radius 3 is 2.39 bits per heavy atom. The predicted molar refractivity (Wildman–Crippen MR) is 113 cm³/mol. The number of hydrogen-bond acceptors (Lipinski definition) is 5. The van der Waals surface area contributed by atoms with Gasteiger partial charge in [-0.25, -0.2) is 0 Å². The van der Waals surface area contributed by atoms with Crippen LogP contribution < -0.4 is 9.47 Å². The monoisotopic (exact) mass is 391 g/mol. The largest absolute Gasteiger partial charge is 0.497 e. The second-order valence-corrected chi connectivity index (χ2v) is 7.50. The Morgan fingerprint density at radius 2 is 1.71 bits per heavy atom. The van der Waals surface area contributed by atoms with E-state index in [1.807, 2.05) is 18.2 Å². The maximum absolute atomic E-state index is 12.8. The molecule has 0 spiro atoms. The maximum Gasteiger partial charge on any atom is 0.180 e. The van der Waals surface area contributed by atoms with E-state index in [2.05, 4.69) is 11.8 Å². The molecule has 1 aromatic rings. The van der Waals surface area contributed by atoms with E-state index in [0.717, 1.165) is 19.5 Å². The summed E-state index contributed by atoms with van der Waals surface area (Å²) in [5.74, 6) is 1.45. The van der Waals surface area contributed by atoms with Crippen LogP contribution in [0.25, 0.3) is 0 Å². The van der Waals surface area contributed by atoms with Gasteiger partial charge in [-0.2, -0.15) is 0 Å². The molecular formula is C23H37NO4. The number of hydrogen-bond donors (Lipinski definition) is 0. The van der Waals surface area contributed by atoms with Gasteiger partial charge in [0.2, 0.25) is 0 Å². The Labute approximate surface area is 170 Å². The Kier molecular flexibility index (Phi) is 11.0. The summed E-state index contributed by atoms with van der Waals surface area (Å²) < 4.78 is 16.7. The van der Waals surface area contributed by atoms with Crippen LogP contribution in [0.4, 0.5) is 0 Å². The second kappa shape index (κ2) is 13.6. The zero-order chi connectivity index (χ0) is 20.0. The summed E-state index contributed by atoms with van der Waals surface area (Å²) in [4.78, 5) is 14.9. The van der Waals surface area contributed by atoms with Crippen molar-refractivity contribution < 1.29 is 19.0 Å². The van der Waals surface area contributed by atoms with E-state index in [9.17, 15) is 4.79 Å². The molecule has 0 atom stereocenters. The summed E-state index contributed by atoms with van der Waals surface area (Å²) in [5, 5.41) is 0. The molecule has 0 N–H and O–H groups in total. The van der Waals surface area contributed by atoms with Crippen LogP contribution in [0.3, 0.4) is 0 Å². The summed E-state index contributed by atoms with van der Waals surface area (Å²) in [6, 6.07) is 5.48. The van der Waals surface area contributed by atoms with Crippen molar-refractivity contribution in [3.8, 4) is 11.5 Å². The highest BCUT2D eigenvalue weighted by Crippen LogP contribution is 2.26. The lowest BCUT2D eigenvalue weighted by Crippen LogP contribution is -2.39. The first-order chi connectivity index (χ1) is 13.7. The highest BCUT2D eigenvalue weighted by atomic mass is 16.5. The van der Waals surface area contributed by atoms with Crippen LogP contribution in [0.2, 0.25) is 0 Å². The van der Waals surface area contributed by atoms with Gasteiger partial charge in [0.1, 0.15) is 11.5 Å². The lowest BCUT2D eigenvalue weighted by molar-refractivity contribution is 0.0370. The number of ether oxygens (including phenoxy) is 3. The van der Waals surface area contributed by atoms with Crippen molar-refractivity contribution in [3.63, 3.8) is 0 Å². The normalized spacial score (nSPS) is 14.8. The van der Waals surface area contributed by atoms with Crippen LogP contribution in [0.1, 0.15) is 68.6 Å². The average molecular weight is 392 g/mol. The van der Waals surface area contributed by atoms with E-state index < -0.39 is 0 Å². The van der Waals surface area contributed by atoms with Crippen molar-refractivity contribution in [2.24, 2.45) is 0 Å². The molecular weight excluding hydrogens is 354 g/mol. The maximum atomic E-state index is 12.8. The molecule has 1 heterocycles. The number of Topliss-reactive ketones (excluding diaryl/α,β-unsaturated/α-hetero) is 1. The molecule has 2 rings (SSSR count). The number of unbranched alkanes of at least 4 members (excludes halogenated alkanes) is 7. The fraction of sp³-hybridized carbons (Fsp3) is 0.696. The SMILES string of the molecule is CCCCCCCCCCOc1cc(OC)ccc1C(=O)CN1CCOCC1. The standard InChI is InChI=1S/C23H37NO4/c1-3-4-5-6-7-8-9-10-15-28-23-18-20(26-2)11-12-21(23)22(25)19-24-13-16-27-17-14-24/h11-12,18H,3-10,13-17,19H2,1-2H3. The van der Waals surface area contributed by atoms with Crippen molar-refractivity contribution in [2.75, 3.05) is 46.6 Å². The van der Waals surface area contributed by atoms with Crippen LogP contribution in [0.5, 0.6) is 11.5 Å². The number of nitrogens with zero attached hydrogens (tertiary/aromatic N) is 1. The zero-order valence-corrected chi connectivity index (χ0v) is 17.7. The van der Waals surface area contributed by atoms with Crippen molar-refractivity contribution in [3.05, 3.63) is 23.8 Å². The lowest BCUT2D eigenvalue weighted by atomic mass is 10.1. The van der Waals surface area contributed by atoms with Gasteiger partial charge in [-0.15, -0.1) is 0 Å². The quantitative estimate of drug-likeness (QED) is 0.339. The molecule has 0 saturated carbocycles. The molecule has 0 aromatic heterocycles. The number of benzene rings is 1. The highest BCUT2D eigenvalue weighted by Gasteiger charge is 2.19. The molecule has 1 aliphatic heterocycles. The summed E-state index contributed by atoms with van der Waals surface area (Å²) in [6.07, 6.45) is 10.1. The minimum atomic E-state index is 0.0930. The number of rotatable bonds is 14. The van der Waals surface area contributed by atoms with Crippen LogP contribution in [0.15, 0.2) is 18.2 Å². The number of carbonyl (C=O) groups excluding carboxylic acids is 1. The molecule has 0 radical (unpaired) electrons. The van der Waals surface area contributed by atoms with Crippen molar-refractivity contribution >= 4 is 5.78 Å². The Bertz CT molecular complexity index is 570. The van der Waals surface area contributed by atoms with Gasteiger partial charge >= 0.3 is 0 Å². The first-order valence-electron chi connectivity index (χ1n) is 10.9. The fourth-order valence-corrected chi connectivity index (χ4v) is 3.45. The number of morpholine rings is 1. The van der Waals surface area contributed by atoms with E-state index >= 15 is 0 Å². The Balaban J connectivity index is 1.79. The zero-order valence-electron chi connectivity index (χ0n) is 17.7. The van der Waals surface area contributed by atoms with E-state index in [0.29, 0.717) is 43.4 Å². The topological polar surface area (TPSA) is 48.0 Å². The molecule has 0 bridgehead atoms. The molecule has 1 aliphatic rings. The van der Waals surface area contributed by atoms with Gasteiger partial charge in [0, 0.05) is 19.2 Å². The first-order valence-corrected chi connectivity index (χ1v) is 10.9. The van der Waals surface area contributed by atoms with Crippen LogP contribution in [-0.2, 0) is 4.74 Å². The molecule has 0 amide bonds. The van der Waals surface area contributed by atoms with Crippen LogP contribution in [-0.4, -0.2) is 57.2 Å². The van der Waals surface area contributed by atoms with E-state index in [4.69, 9.17) is 14.2 Å². The summed E-state index contributed by atoms with van der Waals surface area (Å²) in [6.45, 7) is 6.28. The van der Waals surface area contributed by atoms with Gasteiger partial charge in [0.25, 0.3) is 0 Å². The third kappa shape index (κ3) is 8.19. The smallest absolute Gasteiger partial charge is 0.180 e. The Hall–Kier alpha value is -1.59. The van der Waals surface area contributed by atoms with Crippen LogP contribution >= 0.6 is 0 Å². The molecule has 1 saturated heterocycles. The molecule has 0 unspecified atom stereocenters. The minimum absolute atomic E-state index is 0.0930. The lowest BCUT2D eigenvalue weighted by Gasteiger charge is -2.26. The third-order valence-corrected chi connectivity index (χ3v) is 5.22. The molecule has 0 aliphatic carbocycles. The van der Waals surface area contributed by atoms with Gasteiger partial charge in [-0.3, -0.25) is 9.69 Å². The van der Waals surface area contributed by atoms with Gasteiger partial charge in [0.05, 0.1) is 39.0 Å². The van der Waals surface area contributed by atoms with Crippen LogP contribution in [0, 0.1) is 0 Å². The fourth-order valence-electron chi connectivity index (χ4n) is 3.45. The van der Waals surface area contributed by atoms with Gasteiger partial charge < -0.3 is 14.2 Å². The number of carbonyl (C=O) groups is 1. The highest BCUT2D eigenvalue weighted by molar-refractivity contribution is 6.00. The predicted octanol–water partition coefficient (Wildman–Crippen LogP) is 4.73. The first kappa shape index (κ1) is 22.7. The minimum Gasteiger partial charge on any atom is -0.497 e. The number of methoxy groups -OCH3 is 1. The van der Waals surface area contributed by atoms with Gasteiger partial charge in [-0.05, 0) is 18.6 Å². The molecule has 1 aromatic carbocycles. The van der Waals surface area contributed by atoms with Gasteiger partial charge in [-0.1, -0.05) is 51.9 Å². The van der Waals surface area contributed by atoms with Crippen molar-refractivity contribution in [1.82, 2.24) is 4.90 Å². The molecule has 158 valence electrons.